The van der Waals surface area contributed by atoms with Crippen molar-refractivity contribution >= 4 is 11.5 Å². The zero-order valence-electron chi connectivity index (χ0n) is 26.2. The molecule has 0 amide bonds. The molecule has 0 N–H and O–H groups in total. The van der Waals surface area contributed by atoms with E-state index in [9.17, 15) is 18.4 Å². The summed E-state index contributed by atoms with van der Waals surface area (Å²) >= 11 is 0. The maximum Gasteiger partial charge on any atom is 0.434 e. The fraction of sp³-hybridized carbons (Fsp3) is 0.545. The third-order valence-electron chi connectivity index (χ3n) is 9.75. The Labute approximate surface area is 262 Å². The van der Waals surface area contributed by atoms with E-state index in [0.29, 0.717) is 31.9 Å². The first-order valence-electron chi connectivity index (χ1n) is 15.7. The van der Waals surface area contributed by atoms with E-state index in [1.807, 2.05) is 46.8 Å². The van der Waals surface area contributed by atoms with Crippen molar-refractivity contribution in [3.63, 3.8) is 0 Å². The summed E-state index contributed by atoms with van der Waals surface area (Å²) < 4.78 is 50.7. The van der Waals surface area contributed by atoms with Crippen molar-refractivity contribution in [1.82, 2.24) is 24.6 Å². The number of benzene rings is 1. The smallest absolute Gasteiger partial charge is 0.382 e. The van der Waals surface area contributed by atoms with Crippen molar-refractivity contribution in [2.75, 3.05) is 69.3 Å². The third kappa shape index (κ3) is 6.39. The van der Waals surface area contributed by atoms with Crippen LogP contribution in [0.15, 0.2) is 42.6 Å². The molecular weight excluding hydrogens is 581 g/mol. The van der Waals surface area contributed by atoms with E-state index in [1.165, 1.54) is 11.3 Å². The van der Waals surface area contributed by atoms with Crippen LogP contribution in [0.5, 0.6) is 0 Å². The molecule has 3 aromatic rings. The van der Waals surface area contributed by atoms with Crippen LogP contribution in [-0.2, 0) is 24.5 Å². The number of pyridine rings is 1. The highest BCUT2D eigenvalue weighted by atomic mass is 19.4. The topological polar surface area (TPSA) is 76.7 Å². The number of hydrogen-bond acceptors (Lipinski definition) is 8. The minimum absolute atomic E-state index is 0.124. The van der Waals surface area contributed by atoms with Crippen LogP contribution in [0.1, 0.15) is 46.8 Å². The van der Waals surface area contributed by atoms with Crippen LogP contribution in [-0.4, -0.2) is 96.2 Å². The first kappa shape index (κ1) is 31.3. The fourth-order valence-corrected chi connectivity index (χ4v) is 7.38. The van der Waals surface area contributed by atoms with Gasteiger partial charge in [-0.2, -0.15) is 23.5 Å². The number of piperidine rings is 1. The van der Waals surface area contributed by atoms with Gasteiger partial charge in [0.1, 0.15) is 17.5 Å². The van der Waals surface area contributed by atoms with E-state index < -0.39 is 17.4 Å². The Kier molecular flexibility index (Phi) is 9.04. The number of rotatable bonds is 8. The molecule has 9 nitrogen and oxygen atoms in total. The molecule has 0 saturated carbocycles. The van der Waals surface area contributed by atoms with Gasteiger partial charge in [0.2, 0.25) is 0 Å². The van der Waals surface area contributed by atoms with Gasteiger partial charge >= 0.3 is 6.18 Å². The van der Waals surface area contributed by atoms with Gasteiger partial charge in [0.15, 0.2) is 5.69 Å². The number of methoxy groups -OCH3 is 1. The normalized spacial score (nSPS) is 22.0. The van der Waals surface area contributed by atoms with Crippen LogP contribution < -0.4 is 9.80 Å². The monoisotopic (exact) mass is 622 g/mol. The van der Waals surface area contributed by atoms with E-state index in [1.54, 1.807) is 13.2 Å². The summed E-state index contributed by atoms with van der Waals surface area (Å²) in [7, 11) is 3.55. The van der Waals surface area contributed by atoms with Gasteiger partial charge in [0.05, 0.1) is 24.5 Å². The Morgan fingerprint density at radius 2 is 1.76 bits per heavy atom. The van der Waals surface area contributed by atoms with E-state index in [0.717, 1.165) is 51.1 Å². The van der Waals surface area contributed by atoms with Crippen molar-refractivity contribution in [3.8, 4) is 6.07 Å². The number of hydrogen-bond donors (Lipinski definition) is 0. The van der Waals surface area contributed by atoms with Gasteiger partial charge in [-0.25, -0.2) is 4.98 Å². The molecule has 2 atom stereocenters. The molecule has 3 aliphatic heterocycles. The Balaban J connectivity index is 1.20. The van der Waals surface area contributed by atoms with Crippen molar-refractivity contribution in [1.29, 1.82) is 5.26 Å². The van der Waals surface area contributed by atoms with Crippen LogP contribution in [0.3, 0.4) is 0 Å². The molecule has 5 heterocycles. The summed E-state index contributed by atoms with van der Waals surface area (Å²) in [6, 6.07) is 13.9. The molecule has 0 bridgehead atoms. The van der Waals surface area contributed by atoms with Crippen LogP contribution in [0.25, 0.3) is 0 Å². The zero-order valence-corrected chi connectivity index (χ0v) is 26.2. The average molecular weight is 623 g/mol. The number of aryl methyl sites for hydroxylation is 2. The zero-order chi connectivity index (χ0) is 31.7. The number of alkyl halides is 3. The van der Waals surface area contributed by atoms with Gasteiger partial charge in [0.25, 0.3) is 0 Å². The lowest BCUT2D eigenvalue weighted by molar-refractivity contribution is -0.141. The highest BCUT2D eigenvalue weighted by Crippen LogP contribution is 2.42. The summed E-state index contributed by atoms with van der Waals surface area (Å²) in [5, 5.41) is 14.4. The van der Waals surface area contributed by atoms with Gasteiger partial charge in [-0.1, -0.05) is 30.3 Å². The molecule has 1 aromatic carbocycles. The minimum atomic E-state index is -4.75. The largest absolute Gasteiger partial charge is 0.434 e. The first-order valence-corrected chi connectivity index (χ1v) is 15.7. The highest BCUT2D eigenvalue weighted by Gasteiger charge is 2.46. The summed E-state index contributed by atoms with van der Waals surface area (Å²) in [5.41, 5.74) is 2.35. The van der Waals surface area contributed by atoms with E-state index in [4.69, 9.17) is 4.74 Å². The Morgan fingerprint density at radius 3 is 2.36 bits per heavy atom. The number of nitrogens with zero attached hydrogens (tertiary/aromatic N) is 8. The lowest BCUT2D eigenvalue weighted by Gasteiger charge is -2.55. The SMILES string of the molecule is COCC1C(N2CCN(Cc3ccccc3)CC2)CN1c1cc(N2CCC(c3c(C)cnn3C)CC2)nc(C(F)(F)F)c1C#N. The Morgan fingerprint density at radius 1 is 1.04 bits per heavy atom. The number of piperazine rings is 1. The number of aromatic nitrogens is 3. The number of anilines is 2. The Hall–Kier alpha value is -3.66. The average Bonchev–Trinajstić information content (AvgIpc) is 3.37. The standard InChI is InChI=1S/C33H41F3N8O/c1-23-19-38-40(2)31(23)25-9-11-43(12-10-25)30-17-27(26(18-37)32(39-30)33(34,35)36)44-21-28(29(44)22-45-3)42-15-13-41(14-16-42)20-24-7-5-4-6-8-24/h4-8,17,19,25,28-29H,9-16,20-22H2,1-3H3. The molecule has 2 aromatic heterocycles. The lowest BCUT2D eigenvalue weighted by Crippen LogP contribution is -2.70. The van der Waals surface area contributed by atoms with Gasteiger partial charge < -0.3 is 14.5 Å². The predicted octanol–water partition coefficient (Wildman–Crippen LogP) is 4.42. The fourth-order valence-electron chi connectivity index (χ4n) is 7.38. The molecule has 3 fully saturated rings. The second kappa shape index (κ2) is 13.0. The van der Waals surface area contributed by atoms with Crippen LogP contribution >= 0.6 is 0 Å². The maximum atomic E-state index is 14.4. The molecule has 240 valence electrons. The molecule has 0 spiro atoms. The molecule has 0 radical (unpaired) electrons. The van der Waals surface area contributed by atoms with Gasteiger partial charge in [-0.15, -0.1) is 0 Å². The molecular formula is C33H41F3N8O. The van der Waals surface area contributed by atoms with Crippen molar-refractivity contribution in [3.05, 3.63) is 70.7 Å². The van der Waals surface area contributed by atoms with Gasteiger partial charge in [-0.05, 0) is 30.9 Å². The molecule has 0 aliphatic carbocycles. The van der Waals surface area contributed by atoms with E-state index in [2.05, 4.69) is 44.1 Å². The number of ether oxygens (including phenoxy) is 1. The molecule has 2 unspecified atom stereocenters. The van der Waals surface area contributed by atoms with Crippen molar-refractivity contribution in [2.45, 2.75) is 50.5 Å². The van der Waals surface area contributed by atoms with E-state index >= 15 is 0 Å². The number of halogens is 3. The number of nitriles is 1. The summed E-state index contributed by atoms with van der Waals surface area (Å²) in [4.78, 5) is 12.8. The van der Waals surface area contributed by atoms with Crippen molar-refractivity contribution in [2.24, 2.45) is 7.05 Å². The summed E-state index contributed by atoms with van der Waals surface area (Å²) in [5.74, 6) is 0.551. The predicted molar refractivity (Wildman–Crippen MR) is 166 cm³/mol. The first-order chi connectivity index (χ1) is 21.7. The summed E-state index contributed by atoms with van der Waals surface area (Å²) in [6.45, 7) is 8.55. The summed E-state index contributed by atoms with van der Waals surface area (Å²) in [6.07, 6.45) is -1.33. The molecule has 3 saturated heterocycles. The quantitative estimate of drug-likeness (QED) is 0.366. The minimum Gasteiger partial charge on any atom is -0.382 e. The van der Waals surface area contributed by atoms with Gasteiger partial charge in [0, 0.05) is 90.2 Å². The third-order valence-corrected chi connectivity index (χ3v) is 9.75. The van der Waals surface area contributed by atoms with Crippen molar-refractivity contribution < 1.29 is 17.9 Å². The molecule has 6 rings (SSSR count). The van der Waals surface area contributed by atoms with Crippen LogP contribution in [0, 0.1) is 18.3 Å². The maximum absolute atomic E-state index is 14.4. The Bertz CT molecular complexity index is 1490. The lowest BCUT2D eigenvalue weighted by atomic mass is 9.91. The van der Waals surface area contributed by atoms with Crippen LogP contribution in [0.2, 0.25) is 0 Å². The molecule has 45 heavy (non-hydrogen) atoms. The molecule has 12 heteroatoms. The second-order valence-corrected chi connectivity index (χ2v) is 12.5. The highest BCUT2D eigenvalue weighted by molar-refractivity contribution is 5.69. The van der Waals surface area contributed by atoms with Crippen LogP contribution in [0.4, 0.5) is 24.7 Å². The van der Waals surface area contributed by atoms with E-state index in [-0.39, 0.29) is 23.8 Å². The second-order valence-electron chi connectivity index (χ2n) is 12.5. The molecule has 3 aliphatic rings. The van der Waals surface area contributed by atoms with Gasteiger partial charge in [-0.3, -0.25) is 14.5 Å².